The average molecular weight is 205 g/mol. The van der Waals surface area contributed by atoms with Crippen LogP contribution in [0.3, 0.4) is 0 Å². The fraction of sp³-hybridized carbons (Fsp3) is 0.182. The Bertz CT molecular complexity index is 461. The van der Waals surface area contributed by atoms with Gasteiger partial charge >= 0.3 is 0 Å². The van der Waals surface area contributed by atoms with Gasteiger partial charge in [-0.3, -0.25) is 4.79 Å². The molecule has 0 radical (unpaired) electrons. The Morgan fingerprint density at radius 2 is 2.14 bits per heavy atom. The van der Waals surface area contributed by atoms with Crippen LogP contribution in [0.2, 0.25) is 0 Å². The Labute approximate surface area is 86.3 Å². The lowest BCUT2D eigenvalue weighted by molar-refractivity contribution is -0.117. The van der Waals surface area contributed by atoms with Gasteiger partial charge in [-0.25, -0.2) is 0 Å². The van der Waals surface area contributed by atoms with Crippen LogP contribution in [0.4, 0.5) is 0 Å². The normalized spacial score (nSPS) is 10.6. The lowest BCUT2D eigenvalue weighted by Crippen LogP contribution is -2.15. The molecule has 0 saturated heterocycles. The van der Waals surface area contributed by atoms with Gasteiger partial charge in [-0.15, -0.1) is 11.3 Å². The van der Waals surface area contributed by atoms with E-state index in [0.717, 1.165) is 5.56 Å². The van der Waals surface area contributed by atoms with Crippen LogP contribution in [0.25, 0.3) is 10.1 Å². The molecule has 2 aromatic rings. The minimum absolute atomic E-state index is 0.0913. The van der Waals surface area contributed by atoms with Gasteiger partial charge in [0, 0.05) is 11.1 Å². The van der Waals surface area contributed by atoms with Gasteiger partial charge in [0.05, 0.1) is 6.54 Å². The summed E-state index contributed by atoms with van der Waals surface area (Å²) in [6.45, 7) is 0.129. The van der Waals surface area contributed by atoms with Gasteiger partial charge in [0.2, 0.25) is 0 Å². The van der Waals surface area contributed by atoms with Crippen molar-refractivity contribution in [2.75, 3.05) is 6.54 Å². The summed E-state index contributed by atoms with van der Waals surface area (Å²) >= 11 is 1.67. The van der Waals surface area contributed by atoms with E-state index in [1.807, 2.05) is 23.6 Å². The number of thiophene rings is 1. The quantitative estimate of drug-likeness (QED) is 0.832. The SMILES string of the molecule is NCC(=O)Cc1csc2ccccc12. The molecule has 2 nitrogen and oxygen atoms in total. The molecule has 2 rings (SSSR count). The first-order valence-corrected chi connectivity index (χ1v) is 5.36. The van der Waals surface area contributed by atoms with Crippen molar-refractivity contribution in [3.8, 4) is 0 Å². The average Bonchev–Trinajstić information content (AvgIpc) is 2.62. The van der Waals surface area contributed by atoms with Gasteiger partial charge < -0.3 is 5.73 Å². The number of rotatable bonds is 3. The summed E-state index contributed by atoms with van der Waals surface area (Å²) in [5.74, 6) is 0.0913. The molecular formula is C11H11NOS. The number of hydrogen-bond donors (Lipinski definition) is 1. The van der Waals surface area contributed by atoms with Crippen molar-refractivity contribution >= 4 is 27.2 Å². The Morgan fingerprint density at radius 1 is 1.36 bits per heavy atom. The molecule has 0 aliphatic heterocycles. The van der Waals surface area contributed by atoms with Crippen molar-refractivity contribution in [3.63, 3.8) is 0 Å². The number of Topliss-reactive ketones (excluding diaryl/α,β-unsaturated/α-hetero) is 1. The maximum atomic E-state index is 11.2. The van der Waals surface area contributed by atoms with Gasteiger partial charge in [0.25, 0.3) is 0 Å². The van der Waals surface area contributed by atoms with Gasteiger partial charge in [-0.1, -0.05) is 18.2 Å². The third-order valence-electron chi connectivity index (χ3n) is 2.18. The van der Waals surface area contributed by atoms with Gasteiger partial charge in [-0.2, -0.15) is 0 Å². The van der Waals surface area contributed by atoms with Crippen LogP contribution in [0.15, 0.2) is 29.6 Å². The molecule has 72 valence electrons. The molecule has 0 aliphatic carbocycles. The highest BCUT2D eigenvalue weighted by Crippen LogP contribution is 2.25. The summed E-state index contributed by atoms with van der Waals surface area (Å²) in [5, 5.41) is 3.22. The Balaban J connectivity index is 2.38. The van der Waals surface area contributed by atoms with Crippen molar-refractivity contribution in [1.82, 2.24) is 0 Å². The summed E-state index contributed by atoms with van der Waals surface area (Å²) in [6.07, 6.45) is 0.459. The van der Waals surface area contributed by atoms with Crippen LogP contribution in [0.5, 0.6) is 0 Å². The van der Waals surface area contributed by atoms with E-state index in [2.05, 4.69) is 6.07 Å². The standard InChI is InChI=1S/C11H11NOS/c12-6-9(13)5-8-7-14-11-4-2-1-3-10(8)11/h1-4,7H,5-6,12H2. The van der Waals surface area contributed by atoms with Crippen LogP contribution in [0, 0.1) is 0 Å². The van der Waals surface area contributed by atoms with E-state index in [1.54, 1.807) is 11.3 Å². The molecule has 2 N–H and O–H groups in total. The lowest BCUT2D eigenvalue weighted by atomic mass is 10.1. The number of benzene rings is 1. The fourth-order valence-corrected chi connectivity index (χ4v) is 2.42. The van der Waals surface area contributed by atoms with Crippen molar-refractivity contribution in [1.29, 1.82) is 0 Å². The first-order valence-electron chi connectivity index (χ1n) is 4.48. The molecule has 0 aliphatic rings. The van der Waals surface area contributed by atoms with Crippen molar-refractivity contribution in [2.24, 2.45) is 5.73 Å². The Hall–Kier alpha value is -1.19. The zero-order valence-corrected chi connectivity index (χ0v) is 8.51. The molecule has 0 fully saturated rings. The van der Waals surface area contributed by atoms with Crippen molar-refractivity contribution in [2.45, 2.75) is 6.42 Å². The minimum atomic E-state index is 0.0913. The third kappa shape index (κ3) is 1.69. The van der Waals surface area contributed by atoms with Crippen LogP contribution < -0.4 is 5.73 Å². The summed E-state index contributed by atoms with van der Waals surface area (Å²) in [4.78, 5) is 11.2. The van der Waals surface area contributed by atoms with Gasteiger partial charge in [-0.05, 0) is 22.4 Å². The monoisotopic (exact) mass is 205 g/mol. The number of hydrogen-bond acceptors (Lipinski definition) is 3. The summed E-state index contributed by atoms with van der Waals surface area (Å²) in [6, 6.07) is 8.11. The van der Waals surface area contributed by atoms with E-state index in [4.69, 9.17) is 5.73 Å². The highest BCUT2D eigenvalue weighted by Gasteiger charge is 2.06. The Morgan fingerprint density at radius 3 is 2.93 bits per heavy atom. The van der Waals surface area contributed by atoms with E-state index in [-0.39, 0.29) is 12.3 Å². The largest absolute Gasteiger partial charge is 0.324 e. The topological polar surface area (TPSA) is 43.1 Å². The zero-order chi connectivity index (χ0) is 9.97. The number of fused-ring (bicyclic) bond motifs is 1. The highest BCUT2D eigenvalue weighted by atomic mass is 32.1. The second kappa shape index (κ2) is 3.90. The van der Waals surface area contributed by atoms with E-state index in [0.29, 0.717) is 6.42 Å². The Kier molecular flexibility index (Phi) is 2.61. The van der Waals surface area contributed by atoms with Gasteiger partial charge in [0.15, 0.2) is 5.78 Å². The molecule has 0 bridgehead atoms. The van der Waals surface area contributed by atoms with E-state index in [9.17, 15) is 4.79 Å². The molecule has 0 atom stereocenters. The third-order valence-corrected chi connectivity index (χ3v) is 3.19. The molecule has 0 amide bonds. The molecule has 0 spiro atoms. The van der Waals surface area contributed by atoms with Gasteiger partial charge in [0.1, 0.15) is 0 Å². The van der Waals surface area contributed by atoms with Crippen LogP contribution in [0.1, 0.15) is 5.56 Å². The van der Waals surface area contributed by atoms with Crippen LogP contribution in [-0.2, 0) is 11.2 Å². The molecule has 0 unspecified atom stereocenters. The van der Waals surface area contributed by atoms with E-state index in [1.165, 1.54) is 10.1 Å². The predicted octanol–water partition coefficient (Wildman–Crippen LogP) is 1.97. The molecular weight excluding hydrogens is 194 g/mol. The maximum Gasteiger partial charge on any atom is 0.150 e. The van der Waals surface area contributed by atoms with Crippen LogP contribution in [-0.4, -0.2) is 12.3 Å². The molecule has 1 heterocycles. The minimum Gasteiger partial charge on any atom is -0.324 e. The maximum absolute atomic E-state index is 11.2. The molecule has 14 heavy (non-hydrogen) atoms. The van der Waals surface area contributed by atoms with Crippen molar-refractivity contribution < 1.29 is 4.79 Å². The zero-order valence-electron chi connectivity index (χ0n) is 7.69. The first kappa shape index (κ1) is 9.37. The number of carbonyl (C=O) groups is 1. The fourth-order valence-electron chi connectivity index (χ4n) is 1.45. The second-order valence-corrected chi connectivity index (χ2v) is 4.09. The summed E-state index contributed by atoms with van der Waals surface area (Å²) < 4.78 is 1.23. The highest BCUT2D eigenvalue weighted by molar-refractivity contribution is 7.17. The first-order chi connectivity index (χ1) is 6.81. The van der Waals surface area contributed by atoms with E-state index < -0.39 is 0 Å². The molecule has 0 saturated carbocycles. The van der Waals surface area contributed by atoms with Crippen LogP contribution >= 0.6 is 11.3 Å². The molecule has 3 heteroatoms. The number of ketones is 1. The second-order valence-electron chi connectivity index (χ2n) is 3.18. The van der Waals surface area contributed by atoms with Crippen molar-refractivity contribution in [3.05, 3.63) is 35.2 Å². The summed E-state index contributed by atoms with van der Waals surface area (Å²) in [7, 11) is 0. The lowest BCUT2D eigenvalue weighted by Gasteiger charge is -1.96. The molecule has 1 aromatic carbocycles. The number of nitrogens with two attached hydrogens (primary N) is 1. The predicted molar refractivity (Wildman–Crippen MR) is 59.6 cm³/mol. The van der Waals surface area contributed by atoms with E-state index >= 15 is 0 Å². The number of carbonyl (C=O) groups excluding carboxylic acids is 1. The summed E-state index contributed by atoms with van der Waals surface area (Å²) in [5.41, 5.74) is 6.38. The molecule has 1 aromatic heterocycles. The smallest absolute Gasteiger partial charge is 0.150 e.